The Morgan fingerprint density at radius 2 is 1.15 bits per heavy atom. The van der Waals surface area contributed by atoms with Crippen LogP contribution in [0.25, 0.3) is 0 Å². The number of hydrogen-bond donors (Lipinski definition) is 4. The van der Waals surface area contributed by atoms with Crippen LogP contribution in [0.2, 0.25) is 0 Å². The molecule has 0 aliphatic heterocycles. The summed E-state index contributed by atoms with van der Waals surface area (Å²) in [6, 6.07) is -1.40. The van der Waals surface area contributed by atoms with Crippen LogP contribution in [0.4, 0.5) is 0 Å². The van der Waals surface area contributed by atoms with Crippen LogP contribution in [0.3, 0.4) is 0 Å². The summed E-state index contributed by atoms with van der Waals surface area (Å²) in [6.07, 6.45) is 4.54. The van der Waals surface area contributed by atoms with Gasteiger partial charge in [0.2, 0.25) is 0 Å². The summed E-state index contributed by atoms with van der Waals surface area (Å²) >= 11 is 0. The SMILES string of the molecule is CCC=CCC(C(C)N(CC(=O)O)CC(=O)O)N(CC(=O)O)CC(=O)O. The minimum atomic E-state index is -1.23. The van der Waals surface area contributed by atoms with Crippen LogP contribution < -0.4 is 0 Å². The Morgan fingerprint density at radius 3 is 1.50 bits per heavy atom. The Balaban J connectivity index is 5.69. The summed E-state index contributed by atoms with van der Waals surface area (Å²) in [4.78, 5) is 46.7. The predicted molar refractivity (Wildman–Crippen MR) is 91.0 cm³/mol. The molecule has 0 saturated carbocycles. The summed E-state index contributed by atoms with van der Waals surface area (Å²) < 4.78 is 0. The Hall–Kier alpha value is -2.46. The van der Waals surface area contributed by atoms with Gasteiger partial charge in [0.1, 0.15) is 0 Å². The van der Waals surface area contributed by atoms with E-state index in [4.69, 9.17) is 20.4 Å². The zero-order valence-electron chi connectivity index (χ0n) is 14.9. The standard InChI is InChI=1S/C16H26N2O8/c1-3-4-5-6-12(18(9-15(23)24)10-16(25)26)11(2)17(7-13(19)20)8-14(21)22/h4-5,11-12H,3,6-10H2,1-2H3,(H,19,20)(H,21,22)(H,23,24)(H,25,26). The maximum Gasteiger partial charge on any atom is 0.317 e. The molecule has 0 aromatic heterocycles. The molecule has 0 aliphatic carbocycles. The number of nitrogens with zero attached hydrogens (tertiary/aromatic N) is 2. The highest BCUT2D eigenvalue weighted by Crippen LogP contribution is 2.16. The zero-order chi connectivity index (χ0) is 20.3. The van der Waals surface area contributed by atoms with E-state index in [0.717, 1.165) is 0 Å². The average Bonchev–Trinajstić information content (AvgIpc) is 2.48. The molecule has 0 bridgehead atoms. The lowest BCUT2D eigenvalue weighted by Gasteiger charge is -2.38. The lowest BCUT2D eigenvalue weighted by molar-refractivity contribution is -0.148. The summed E-state index contributed by atoms with van der Waals surface area (Å²) in [5, 5.41) is 36.2. The van der Waals surface area contributed by atoms with Crippen LogP contribution in [0.5, 0.6) is 0 Å². The first-order valence-corrected chi connectivity index (χ1v) is 8.08. The number of carboxylic acid groups (broad SMARTS) is 4. The molecule has 0 saturated heterocycles. The molecule has 0 fully saturated rings. The molecular weight excluding hydrogens is 348 g/mol. The van der Waals surface area contributed by atoms with Gasteiger partial charge in [-0.25, -0.2) is 0 Å². The van der Waals surface area contributed by atoms with Gasteiger partial charge in [-0.3, -0.25) is 29.0 Å². The van der Waals surface area contributed by atoms with Crippen molar-refractivity contribution in [3.63, 3.8) is 0 Å². The fourth-order valence-electron chi connectivity index (χ4n) is 2.63. The second-order valence-corrected chi connectivity index (χ2v) is 5.81. The van der Waals surface area contributed by atoms with Crippen molar-refractivity contribution >= 4 is 23.9 Å². The quantitative estimate of drug-likeness (QED) is 0.306. The average molecular weight is 374 g/mol. The molecule has 148 valence electrons. The zero-order valence-corrected chi connectivity index (χ0v) is 14.9. The smallest absolute Gasteiger partial charge is 0.317 e. The van der Waals surface area contributed by atoms with Crippen molar-refractivity contribution in [2.45, 2.75) is 38.8 Å². The van der Waals surface area contributed by atoms with Crippen molar-refractivity contribution in [1.29, 1.82) is 0 Å². The van der Waals surface area contributed by atoms with E-state index in [2.05, 4.69) is 0 Å². The van der Waals surface area contributed by atoms with Crippen molar-refractivity contribution < 1.29 is 39.6 Å². The van der Waals surface area contributed by atoms with Crippen LogP contribution in [0.15, 0.2) is 12.2 Å². The Labute approximate surface area is 151 Å². The van der Waals surface area contributed by atoms with E-state index in [0.29, 0.717) is 6.42 Å². The van der Waals surface area contributed by atoms with E-state index < -0.39 is 62.1 Å². The van der Waals surface area contributed by atoms with Crippen molar-refractivity contribution in [2.24, 2.45) is 0 Å². The van der Waals surface area contributed by atoms with E-state index in [9.17, 15) is 19.2 Å². The number of hydrogen-bond acceptors (Lipinski definition) is 6. The summed E-state index contributed by atoms with van der Waals surface area (Å²) in [7, 11) is 0. The van der Waals surface area contributed by atoms with Crippen LogP contribution in [-0.2, 0) is 19.2 Å². The predicted octanol–water partition coefficient (Wildman–Crippen LogP) is 0.0422. The lowest BCUT2D eigenvalue weighted by atomic mass is 10.0. The molecule has 4 N–H and O–H groups in total. The highest BCUT2D eigenvalue weighted by Gasteiger charge is 2.32. The minimum absolute atomic E-state index is 0.255. The van der Waals surface area contributed by atoms with Crippen molar-refractivity contribution in [3.8, 4) is 0 Å². The van der Waals surface area contributed by atoms with E-state index >= 15 is 0 Å². The fraction of sp³-hybridized carbons (Fsp3) is 0.625. The van der Waals surface area contributed by atoms with Gasteiger partial charge in [0.25, 0.3) is 0 Å². The Morgan fingerprint density at radius 1 is 0.769 bits per heavy atom. The van der Waals surface area contributed by atoms with E-state index in [1.807, 2.05) is 13.0 Å². The van der Waals surface area contributed by atoms with Gasteiger partial charge in [0, 0.05) is 12.1 Å². The fourth-order valence-corrected chi connectivity index (χ4v) is 2.63. The molecule has 2 atom stereocenters. The van der Waals surface area contributed by atoms with E-state index in [-0.39, 0.29) is 6.42 Å². The molecule has 26 heavy (non-hydrogen) atoms. The molecular formula is C16H26N2O8. The van der Waals surface area contributed by atoms with Gasteiger partial charge in [-0.1, -0.05) is 19.1 Å². The van der Waals surface area contributed by atoms with Gasteiger partial charge in [-0.15, -0.1) is 0 Å². The first kappa shape index (κ1) is 23.5. The maximum atomic E-state index is 11.1. The van der Waals surface area contributed by atoms with Gasteiger partial charge in [0.05, 0.1) is 26.2 Å². The topological polar surface area (TPSA) is 156 Å². The number of carboxylic acids is 4. The second-order valence-electron chi connectivity index (χ2n) is 5.81. The van der Waals surface area contributed by atoms with Gasteiger partial charge >= 0.3 is 23.9 Å². The third-order valence-electron chi connectivity index (χ3n) is 3.74. The largest absolute Gasteiger partial charge is 0.480 e. The lowest BCUT2D eigenvalue weighted by Crippen LogP contribution is -2.55. The Bertz CT molecular complexity index is 502. The highest BCUT2D eigenvalue weighted by atomic mass is 16.4. The molecule has 10 heteroatoms. The highest BCUT2D eigenvalue weighted by molar-refractivity contribution is 5.73. The molecule has 0 radical (unpaired) electrons. The molecule has 10 nitrogen and oxygen atoms in total. The van der Waals surface area contributed by atoms with Gasteiger partial charge in [0.15, 0.2) is 0 Å². The summed E-state index contributed by atoms with van der Waals surface area (Å²) in [6.45, 7) is 1.21. The minimum Gasteiger partial charge on any atom is -0.480 e. The molecule has 0 amide bonds. The molecule has 0 aliphatic rings. The van der Waals surface area contributed by atoms with E-state index in [1.165, 1.54) is 9.80 Å². The first-order chi connectivity index (χ1) is 12.1. The van der Waals surface area contributed by atoms with Crippen molar-refractivity contribution in [1.82, 2.24) is 9.80 Å². The normalized spacial score (nSPS) is 13.8. The first-order valence-electron chi connectivity index (χ1n) is 8.08. The van der Waals surface area contributed by atoms with Gasteiger partial charge in [-0.2, -0.15) is 0 Å². The monoisotopic (exact) mass is 374 g/mol. The summed E-state index contributed by atoms with van der Waals surface area (Å²) in [5.41, 5.74) is 0. The molecule has 2 unspecified atom stereocenters. The second kappa shape index (κ2) is 12.0. The van der Waals surface area contributed by atoms with Crippen molar-refractivity contribution in [3.05, 3.63) is 12.2 Å². The van der Waals surface area contributed by atoms with Gasteiger partial charge < -0.3 is 20.4 Å². The number of rotatable bonds is 14. The van der Waals surface area contributed by atoms with Crippen LogP contribution in [0.1, 0.15) is 26.7 Å². The molecule has 0 rings (SSSR count). The molecule has 0 heterocycles. The van der Waals surface area contributed by atoms with Gasteiger partial charge in [-0.05, 0) is 19.8 Å². The van der Waals surface area contributed by atoms with Crippen LogP contribution in [0, 0.1) is 0 Å². The summed E-state index contributed by atoms with van der Waals surface area (Å²) in [5.74, 6) is -4.93. The third-order valence-corrected chi connectivity index (χ3v) is 3.74. The van der Waals surface area contributed by atoms with E-state index in [1.54, 1.807) is 13.0 Å². The van der Waals surface area contributed by atoms with Crippen molar-refractivity contribution in [2.75, 3.05) is 26.2 Å². The maximum absolute atomic E-state index is 11.1. The molecule has 0 aromatic carbocycles. The van der Waals surface area contributed by atoms with Crippen LogP contribution >= 0.6 is 0 Å². The molecule has 0 spiro atoms. The number of carbonyl (C=O) groups is 4. The number of aliphatic carboxylic acids is 4. The third kappa shape index (κ3) is 9.74. The molecule has 0 aromatic rings. The Kier molecular flexibility index (Phi) is 10.9. The van der Waals surface area contributed by atoms with Crippen LogP contribution in [-0.4, -0.2) is 92.4 Å². The number of allylic oxidation sites excluding steroid dienone is 1.